The Labute approximate surface area is 183 Å². The van der Waals surface area contributed by atoms with Crippen LogP contribution in [0.25, 0.3) is 10.8 Å². The monoisotopic (exact) mass is 427 g/mol. The van der Waals surface area contributed by atoms with Crippen molar-refractivity contribution in [2.24, 2.45) is 4.99 Å². The molecule has 0 aliphatic heterocycles. The molecule has 0 saturated carbocycles. The minimum atomic E-state index is -0.428. The van der Waals surface area contributed by atoms with Gasteiger partial charge in [0.25, 0.3) is 11.8 Å². The van der Waals surface area contributed by atoms with Crippen LogP contribution in [0.1, 0.15) is 33.5 Å². The molecule has 0 unspecified atom stereocenters. The summed E-state index contributed by atoms with van der Waals surface area (Å²) < 4.78 is 0. The smallest absolute Gasteiger partial charge is 0.274 e. The lowest BCUT2D eigenvalue weighted by atomic mass is 10.1. The first-order chi connectivity index (χ1) is 15.5. The largest absolute Gasteiger partial charge is 0.397 e. The number of hydrogen-bond donors (Lipinski definition) is 4. The van der Waals surface area contributed by atoms with E-state index in [4.69, 9.17) is 5.73 Å². The van der Waals surface area contributed by atoms with Crippen LogP contribution < -0.4 is 16.4 Å². The number of rotatable bonds is 6. The molecule has 2 aromatic heterocycles. The second-order valence-electron chi connectivity index (χ2n) is 6.96. The Morgan fingerprint density at radius 1 is 1.06 bits per heavy atom. The maximum Gasteiger partial charge on any atom is 0.274 e. The van der Waals surface area contributed by atoms with E-state index in [1.54, 1.807) is 36.7 Å². The van der Waals surface area contributed by atoms with Gasteiger partial charge in [0.05, 0.1) is 23.8 Å². The molecule has 4 rings (SSSR count). The Balaban J connectivity index is 1.50. The van der Waals surface area contributed by atoms with Crippen LogP contribution in [-0.4, -0.2) is 33.1 Å². The molecule has 0 bridgehead atoms. The number of benzene rings is 2. The summed E-state index contributed by atoms with van der Waals surface area (Å²) in [5, 5.41) is 7.10. The van der Waals surface area contributed by atoms with E-state index in [2.05, 4.69) is 30.6 Å². The van der Waals surface area contributed by atoms with Crippen LogP contribution in [0.4, 0.5) is 17.3 Å². The molecule has 9 heteroatoms. The molecule has 4 aromatic rings. The summed E-state index contributed by atoms with van der Waals surface area (Å²) in [7, 11) is 0. The van der Waals surface area contributed by atoms with Crippen molar-refractivity contribution in [1.82, 2.24) is 20.3 Å². The fraction of sp³-hybridized carbons (Fsp3) is 0.0870. The van der Waals surface area contributed by atoms with E-state index in [-0.39, 0.29) is 16.9 Å². The van der Waals surface area contributed by atoms with Crippen molar-refractivity contribution in [3.63, 3.8) is 0 Å². The zero-order chi connectivity index (χ0) is 22.5. The van der Waals surface area contributed by atoms with E-state index in [9.17, 15) is 9.59 Å². The number of nitrogens with one attached hydrogen (secondary N) is 3. The number of imidazole rings is 1. The number of para-hydroxylation sites is 1. The lowest BCUT2D eigenvalue weighted by Gasteiger charge is -2.08. The number of aliphatic imine (C=N–C) groups is 1. The van der Waals surface area contributed by atoms with Gasteiger partial charge in [-0.15, -0.1) is 0 Å². The van der Waals surface area contributed by atoms with Gasteiger partial charge in [-0.25, -0.2) is 9.98 Å². The highest BCUT2D eigenvalue weighted by Gasteiger charge is 2.15. The number of pyridine rings is 1. The number of fused-ring (bicyclic) bond motifs is 1. The summed E-state index contributed by atoms with van der Waals surface area (Å²) >= 11 is 0. The molecule has 0 spiro atoms. The fourth-order valence-corrected chi connectivity index (χ4v) is 3.10. The number of carbonyl (C=O) groups excluding carboxylic acids is 2. The van der Waals surface area contributed by atoms with E-state index < -0.39 is 11.8 Å². The van der Waals surface area contributed by atoms with E-state index in [1.165, 1.54) is 6.34 Å². The number of anilines is 2. The van der Waals surface area contributed by atoms with Crippen LogP contribution in [0.5, 0.6) is 0 Å². The normalized spacial score (nSPS) is 11.0. The Morgan fingerprint density at radius 3 is 2.66 bits per heavy atom. The maximum absolute atomic E-state index is 12.7. The van der Waals surface area contributed by atoms with Gasteiger partial charge in [-0.3, -0.25) is 19.9 Å². The topological polar surface area (TPSA) is 138 Å². The average molecular weight is 427 g/mol. The number of hydrogen-bond acceptors (Lipinski definition) is 6. The Kier molecular flexibility index (Phi) is 5.89. The highest BCUT2D eigenvalue weighted by atomic mass is 16.2. The number of amides is 2. The average Bonchev–Trinajstić information content (AvgIpc) is 3.27. The van der Waals surface area contributed by atoms with Crippen molar-refractivity contribution in [2.45, 2.75) is 13.3 Å². The van der Waals surface area contributed by atoms with Crippen molar-refractivity contribution < 1.29 is 9.59 Å². The molecule has 2 heterocycles. The second kappa shape index (κ2) is 9.09. The number of aryl methyl sites for hydroxylation is 1. The summed E-state index contributed by atoms with van der Waals surface area (Å²) in [5.74, 6) is -0.522. The molecular formula is C23H21N7O2. The van der Waals surface area contributed by atoms with Gasteiger partial charge in [-0.05, 0) is 30.0 Å². The predicted molar refractivity (Wildman–Crippen MR) is 124 cm³/mol. The van der Waals surface area contributed by atoms with Crippen LogP contribution in [0.15, 0.2) is 65.9 Å². The third-order valence-electron chi connectivity index (χ3n) is 4.81. The molecule has 32 heavy (non-hydrogen) atoms. The van der Waals surface area contributed by atoms with Crippen LogP contribution in [-0.2, 0) is 6.42 Å². The number of H-pyrrole nitrogens is 1. The Morgan fingerprint density at radius 2 is 1.88 bits per heavy atom. The summed E-state index contributed by atoms with van der Waals surface area (Å²) in [6.07, 6.45) is 5.26. The Hall–Kier alpha value is -4.53. The van der Waals surface area contributed by atoms with E-state index in [1.807, 2.05) is 31.2 Å². The highest BCUT2D eigenvalue weighted by Crippen LogP contribution is 2.27. The van der Waals surface area contributed by atoms with Gasteiger partial charge >= 0.3 is 0 Å². The van der Waals surface area contributed by atoms with Gasteiger partial charge in [0, 0.05) is 17.3 Å². The number of nitrogens with zero attached hydrogens (tertiary/aromatic N) is 3. The van der Waals surface area contributed by atoms with E-state index >= 15 is 0 Å². The summed E-state index contributed by atoms with van der Waals surface area (Å²) in [5.41, 5.74) is 7.95. The van der Waals surface area contributed by atoms with E-state index in [0.717, 1.165) is 22.9 Å². The van der Waals surface area contributed by atoms with Gasteiger partial charge in [-0.2, -0.15) is 0 Å². The number of nitrogens with two attached hydrogens (primary N) is 1. The molecule has 0 aliphatic carbocycles. The zero-order valence-corrected chi connectivity index (χ0v) is 17.3. The van der Waals surface area contributed by atoms with Crippen molar-refractivity contribution in [2.75, 3.05) is 11.1 Å². The highest BCUT2D eigenvalue weighted by molar-refractivity contribution is 6.09. The van der Waals surface area contributed by atoms with Crippen molar-refractivity contribution >= 4 is 46.2 Å². The lowest BCUT2D eigenvalue weighted by Crippen LogP contribution is -2.22. The first-order valence-corrected chi connectivity index (χ1v) is 9.97. The van der Waals surface area contributed by atoms with Crippen molar-refractivity contribution in [1.29, 1.82) is 0 Å². The first-order valence-electron chi connectivity index (χ1n) is 9.97. The van der Waals surface area contributed by atoms with Crippen LogP contribution in [0.2, 0.25) is 0 Å². The molecular weight excluding hydrogens is 406 g/mol. The molecule has 0 fully saturated rings. The molecule has 0 radical (unpaired) electrons. The number of nitrogen functional groups attached to an aromatic ring is 1. The quantitative estimate of drug-likeness (QED) is 0.212. The summed E-state index contributed by atoms with van der Waals surface area (Å²) in [4.78, 5) is 40.7. The second-order valence-corrected chi connectivity index (χ2v) is 6.96. The summed E-state index contributed by atoms with van der Waals surface area (Å²) in [6.45, 7) is 1.98. The van der Waals surface area contributed by atoms with Gasteiger partial charge in [-0.1, -0.05) is 37.3 Å². The third kappa shape index (κ3) is 4.46. The lowest BCUT2D eigenvalue weighted by molar-refractivity contribution is 0.0973. The molecule has 0 saturated heterocycles. The van der Waals surface area contributed by atoms with Crippen LogP contribution >= 0.6 is 0 Å². The SMILES string of the molecule is CCc1cnc(NC(=O)c2cccc(N)c2N=CNC(=O)c2cc3ccccc3cn2)[nH]1. The van der Waals surface area contributed by atoms with E-state index in [0.29, 0.717) is 11.6 Å². The molecule has 0 aliphatic rings. The predicted octanol–water partition coefficient (Wildman–Crippen LogP) is 3.44. The number of carbonyl (C=O) groups is 2. The standard InChI is InChI=1S/C23H21N7O2/c1-2-16-12-26-23(29-16)30-21(31)17-8-5-9-18(24)20(17)27-13-28-22(32)19-10-14-6-3-4-7-15(14)11-25-19/h3-13H,2,24H2,1H3,(H,27,28,32)(H2,26,29,30,31). The van der Waals surface area contributed by atoms with Crippen molar-refractivity contribution in [3.8, 4) is 0 Å². The first kappa shape index (κ1) is 20.7. The zero-order valence-electron chi connectivity index (χ0n) is 17.3. The molecule has 2 amide bonds. The van der Waals surface area contributed by atoms with Gasteiger partial charge in [0.15, 0.2) is 0 Å². The third-order valence-corrected chi connectivity index (χ3v) is 4.81. The van der Waals surface area contributed by atoms with Crippen LogP contribution in [0.3, 0.4) is 0 Å². The molecule has 2 aromatic carbocycles. The van der Waals surface area contributed by atoms with Gasteiger partial charge < -0.3 is 16.0 Å². The minimum Gasteiger partial charge on any atom is -0.397 e. The Bertz CT molecular complexity index is 1330. The molecule has 5 N–H and O–H groups in total. The molecule has 9 nitrogen and oxygen atoms in total. The fourth-order valence-electron chi connectivity index (χ4n) is 3.10. The maximum atomic E-state index is 12.7. The van der Waals surface area contributed by atoms with Gasteiger partial charge in [0.1, 0.15) is 11.4 Å². The van der Waals surface area contributed by atoms with Gasteiger partial charge in [0.2, 0.25) is 5.95 Å². The number of aromatic amines is 1. The number of aromatic nitrogens is 3. The van der Waals surface area contributed by atoms with Crippen LogP contribution in [0, 0.1) is 0 Å². The molecule has 160 valence electrons. The molecule has 0 atom stereocenters. The summed E-state index contributed by atoms with van der Waals surface area (Å²) in [6, 6.07) is 14.2. The minimum absolute atomic E-state index is 0.235. The van der Waals surface area contributed by atoms with Crippen molar-refractivity contribution in [3.05, 3.63) is 77.9 Å².